The molecule has 1 aliphatic heterocycles. The predicted molar refractivity (Wildman–Crippen MR) is 116 cm³/mol. The molecule has 1 aliphatic rings. The highest BCUT2D eigenvalue weighted by molar-refractivity contribution is 6.30. The summed E-state index contributed by atoms with van der Waals surface area (Å²) in [7, 11) is 0. The van der Waals surface area contributed by atoms with E-state index < -0.39 is 11.6 Å². The van der Waals surface area contributed by atoms with Gasteiger partial charge in [-0.05, 0) is 49.2 Å². The first-order valence-corrected chi connectivity index (χ1v) is 10.4. The van der Waals surface area contributed by atoms with Gasteiger partial charge in [-0.25, -0.2) is 8.78 Å². The van der Waals surface area contributed by atoms with Gasteiger partial charge in [-0.1, -0.05) is 29.8 Å². The van der Waals surface area contributed by atoms with Crippen molar-refractivity contribution >= 4 is 23.3 Å². The second kappa shape index (κ2) is 9.39. The van der Waals surface area contributed by atoms with E-state index in [9.17, 15) is 13.6 Å². The summed E-state index contributed by atoms with van der Waals surface area (Å²) in [5, 5.41) is 11.9. The fourth-order valence-corrected chi connectivity index (χ4v) is 3.81. The van der Waals surface area contributed by atoms with Crippen LogP contribution in [0.25, 0.3) is 11.3 Å². The summed E-state index contributed by atoms with van der Waals surface area (Å²) in [6.45, 7) is 1.06. The van der Waals surface area contributed by atoms with Gasteiger partial charge in [0.1, 0.15) is 11.6 Å². The van der Waals surface area contributed by atoms with E-state index in [4.69, 9.17) is 11.6 Å². The van der Waals surface area contributed by atoms with Gasteiger partial charge in [-0.2, -0.15) is 0 Å². The third-order valence-electron chi connectivity index (χ3n) is 5.41. The molecular weight excluding hydrogens is 422 g/mol. The quantitative estimate of drug-likeness (QED) is 0.627. The van der Waals surface area contributed by atoms with E-state index in [0.29, 0.717) is 23.8 Å². The average Bonchev–Trinajstić information content (AvgIpc) is 2.79. The molecule has 1 saturated heterocycles. The van der Waals surface area contributed by atoms with Crippen LogP contribution in [0.15, 0.2) is 54.6 Å². The Hall–Kier alpha value is -3.06. The van der Waals surface area contributed by atoms with Crippen LogP contribution in [0.2, 0.25) is 5.02 Å². The van der Waals surface area contributed by atoms with E-state index in [0.717, 1.165) is 24.2 Å². The Morgan fingerprint density at radius 3 is 2.48 bits per heavy atom. The second-order valence-electron chi connectivity index (χ2n) is 7.49. The summed E-state index contributed by atoms with van der Waals surface area (Å²) in [5.74, 6) is -1.15. The van der Waals surface area contributed by atoms with Crippen LogP contribution in [0.4, 0.5) is 14.6 Å². The van der Waals surface area contributed by atoms with Gasteiger partial charge >= 0.3 is 0 Å². The van der Waals surface area contributed by atoms with E-state index >= 15 is 0 Å². The van der Waals surface area contributed by atoms with Crippen LogP contribution in [0.3, 0.4) is 0 Å². The lowest BCUT2D eigenvalue weighted by molar-refractivity contribution is -0.125. The van der Waals surface area contributed by atoms with Crippen LogP contribution in [0.1, 0.15) is 18.4 Å². The average molecular weight is 443 g/mol. The summed E-state index contributed by atoms with van der Waals surface area (Å²) >= 11 is 5.93. The van der Waals surface area contributed by atoms with E-state index in [-0.39, 0.29) is 23.9 Å². The fourth-order valence-electron chi connectivity index (χ4n) is 3.69. The number of nitrogens with one attached hydrogen (secondary N) is 1. The van der Waals surface area contributed by atoms with Crippen LogP contribution in [0, 0.1) is 17.6 Å². The topological polar surface area (TPSA) is 58.1 Å². The van der Waals surface area contributed by atoms with Gasteiger partial charge in [0.2, 0.25) is 5.91 Å². The molecule has 1 atom stereocenters. The Labute approximate surface area is 184 Å². The number of rotatable bonds is 5. The first kappa shape index (κ1) is 21.2. The molecule has 1 aromatic heterocycles. The van der Waals surface area contributed by atoms with Gasteiger partial charge < -0.3 is 10.2 Å². The van der Waals surface area contributed by atoms with Crippen molar-refractivity contribution in [2.45, 2.75) is 19.4 Å². The highest BCUT2D eigenvalue weighted by Gasteiger charge is 2.27. The number of hydrogen-bond acceptors (Lipinski definition) is 4. The predicted octanol–water partition coefficient (Wildman–Crippen LogP) is 4.61. The van der Waals surface area contributed by atoms with E-state index in [1.165, 1.54) is 18.2 Å². The molecule has 0 saturated carbocycles. The molecule has 160 valence electrons. The van der Waals surface area contributed by atoms with Crippen LogP contribution in [-0.2, 0) is 11.3 Å². The molecule has 1 fully saturated rings. The van der Waals surface area contributed by atoms with Gasteiger partial charge in [-0.3, -0.25) is 4.79 Å². The summed E-state index contributed by atoms with van der Waals surface area (Å²) < 4.78 is 27.6. The molecule has 3 aromatic rings. The number of nitrogens with zero attached hydrogens (tertiary/aromatic N) is 3. The van der Waals surface area contributed by atoms with Crippen LogP contribution in [-0.4, -0.2) is 29.2 Å². The Kier molecular flexibility index (Phi) is 6.42. The largest absolute Gasteiger partial charge is 0.354 e. The molecule has 0 spiro atoms. The number of piperidine rings is 1. The zero-order chi connectivity index (χ0) is 21.8. The van der Waals surface area contributed by atoms with Gasteiger partial charge in [0.05, 0.1) is 11.6 Å². The zero-order valence-electron chi connectivity index (χ0n) is 16.7. The monoisotopic (exact) mass is 442 g/mol. The van der Waals surface area contributed by atoms with Crippen LogP contribution >= 0.6 is 11.6 Å². The maximum absolute atomic E-state index is 13.8. The molecule has 0 bridgehead atoms. The molecule has 5 nitrogen and oxygen atoms in total. The molecular formula is C23H21ClF2N4O. The number of aromatic nitrogens is 2. The van der Waals surface area contributed by atoms with E-state index in [1.807, 2.05) is 29.2 Å². The molecule has 4 rings (SSSR count). The number of amides is 1. The van der Waals surface area contributed by atoms with Crippen molar-refractivity contribution in [3.05, 3.63) is 76.8 Å². The minimum absolute atomic E-state index is 0.132. The number of hydrogen-bond donors (Lipinski definition) is 1. The number of carbonyl (C=O) groups is 1. The smallest absolute Gasteiger partial charge is 0.225 e. The molecule has 1 amide bonds. The van der Waals surface area contributed by atoms with Crippen molar-refractivity contribution < 1.29 is 13.6 Å². The van der Waals surface area contributed by atoms with E-state index in [2.05, 4.69) is 15.5 Å². The third-order valence-corrected chi connectivity index (χ3v) is 5.66. The Balaban J connectivity index is 1.38. The van der Waals surface area contributed by atoms with Crippen LogP contribution in [0.5, 0.6) is 0 Å². The normalized spacial score (nSPS) is 16.2. The SMILES string of the molecule is O=C(NCc1c(F)cccc1F)C1CCCN(c2ccc(-c3ccc(Cl)cc3)nn2)C1. The van der Waals surface area contributed by atoms with Crippen LogP contribution < -0.4 is 10.2 Å². The van der Waals surface area contributed by atoms with Crippen molar-refractivity contribution in [3.63, 3.8) is 0 Å². The number of benzene rings is 2. The lowest BCUT2D eigenvalue weighted by Crippen LogP contribution is -2.43. The fraction of sp³-hybridized carbons (Fsp3) is 0.261. The standard InChI is InChI=1S/C23H21ClF2N4O/c24-17-8-6-15(7-9-17)21-10-11-22(29-28-21)30-12-2-3-16(14-30)23(31)27-13-18-19(25)4-1-5-20(18)26/h1,4-11,16H,2-3,12-14H2,(H,27,31). The van der Waals surface area contributed by atoms with Crippen molar-refractivity contribution in [2.75, 3.05) is 18.0 Å². The summed E-state index contributed by atoms with van der Waals surface area (Å²) in [6.07, 6.45) is 1.52. The Morgan fingerprint density at radius 2 is 1.81 bits per heavy atom. The van der Waals surface area contributed by atoms with Gasteiger partial charge in [0.25, 0.3) is 0 Å². The lowest BCUT2D eigenvalue weighted by atomic mass is 9.97. The highest BCUT2D eigenvalue weighted by atomic mass is 35.5. The van der Waals surface area contributed by atoms with Crippen molar-refractivity contribution in [1.82, 2.24) is 15.5 Å². The molecule has 1 N–H and O–H groups in total. The molecule has 31 heavy (non-hydrogen) atoms. The Morgan fingerprint density at radius 1 is 1.06 bits per heavy atom. The third kappa shape index (κ3) is 4.99. The molecule has 2 aromatic carbocycles. The first-order valence-electron chi connectivity index (χ1n) is 10.1. The van der Waals surface area contributed by atoms with Crippen molar-refractivity contribution in [1.29, 1.82) is 0 Å². The van der Waals surface area contributed by atoms with Gasteiger partial charge in [0, 0.05) is 35.8 Å². The molecule has 2 heterocycles. The lowest BCUT2D eigenvalue weighted by Gasteiger charge is -2.32. The van der Waals surface area contributed by atoms with Crippen molar-refractivity contribution in [3.8, 4) is 11.3 Å². The molecule has 8 heteroatoms. The number of carbonyl (C=O) groups excluding carboxylic acids is 1. The minimum Gasteiger partial charge on any atom is -0.354 e. The number of anilines is 1. The van der Waals surface area contributed by atoms with Gasteiger partial charge in [-0.15, -0.1) is 10.2 Å². The minimum atomic E-state index is -0.665. The summed E-state index contributed by atoms with van der Waals surface area (Å²) in [6, 6.07) is 14.8. The molecule has 1 unspecified atom stereocenters. The molecule has 0 aliphatic carbocycles. The van der Waals surface area contributed by atoms with E-state index in [1.54, 1.807) is 12.1 Å². The maximum atomic E-state index is 13.8. The van der Waals surface area contributed by atoms with Crippen molar-refractivity contribution in [2.24, 2.45) is 5.92 Å². The maximum Gasteiger partial charge on any atom is 0.225 e. The first-order chi connectivity index (χ1) is 15.0. The summed E-state index contributed by atoms with van der Waals surface area (Å²) in [5.41, 5.74) is 1.52. The highest BCUT2D eigenvalue weighted by Crippen LogP contribution is 2.24. The van der Waals surface area contributed by atoms with Gasteiger partial charge in [0.15, 0.2) is 5.82 Å². The summed E-state index contributed by atoms with van der Waals surface area (Å²) in [4.78, 5) is 14.6. The number of halogens is 3. The second-order valence-corrected chi connectivity index (χ2v) is 7.92. The zero-order valence-corrected chi connectivity index (χ0v) is 17.4. The molecule has 0 radical (unpaired) electrons. The Bertz CT molecular complexity index is 1040.